The van der Waals surface area contributed by atoms with Gasteiger partial charge < -0.3 is 0 Å². The lowest BCUT2D eigenvalue weighted by Crippen LogP contribution is -1.87. The van der Waals surface area contributed by atoms with E-state index in [0.717, 1.165) is 6.42 Å². The molecule has 0 bridgehead atoms. The molecule has 4 rings (SSSR count). The van der Waals surface area contributed by atoms with Gasteiger partial charge in [-0.15, -0.1) is 0 Å². The van der Waals surface area contributed by atoms with Gasteiger partial charge in [-0.2, -0.15) is 0 Å². The molecule has 0 amide bonds. The molecule has 0 atom stereocenters. The van der Waals surface area contributed by atoms with Crippen molar-refractivity contribution in [2.45, 2.75) is 20.3 Å². The van der Waals surface area contributed by atoms with Crippen LogP contribution < -0.4 is 0 Å². The van der Waals surface area contributed by atoms with Gasteiger partial charge in [-0.25, -0.2) is 0 Å². The van der Waals surface area contributed by atoms with Crippen molar-refractivity contribution in [2.24, 2.45) is 0 Å². The molecule has 0 nitrogen and oxygen atoms in total. The monoisotopic (exact) mass is 244 g/mol. The van der Waals surface area contributed by atoms with Gasteiger partial charge in [0.1, 0.15) is 0 Å². The third kappa shape index (κ3) is 1.40. The van der Waals surface area contributed by atoms with Crippen molar-refractivity contribution in [2.75, 3.05) is 0 Å². The largest absolute Gasteiger partial charge is 0.0616 e. The van der Waals surface area contributed by atoms with Crippen LogP contribution in [0.15, 0.2) is 48.5 Å². The number of benzene rings is 3. The van der Waals surface area contributed by atoms with Crippen LogP contribution in [0.4, 0.5) is 0 Å². The average molecular weight is 244 g/mol. The minimum atomic E-state index is 1.08. The summed E-state index contributed by atoms with van der Waals surface area (Å²) in [6.07, 6.45) is 1.08. The molecule has 0 heteroatoms. The normalized spacial score (nSPS) is 12.5. The Morgan fingerprint density at radius 2 is 1.68 bits per heavy atom. The quantitative estimate of drug-likeness (QED) is 0.407. The van der Waals surface area contributed by atoms with E-state index < -0.39 is 0 Å². The third-order valence-corrected chi connectivity index (χ3v) is 4.50. The first-order valence-electron chi connectivity index (χ1n) is 6.86. The number of fused-ring (bicyclic) bond motifs is 5. The van der Waals surface area contributed by atoms with E-state index in [9.17, 15) is 0 Å². The highest BCUT2D eigenvalue weighted by atomic mass is 14.3. The van der Waals surface area contributed by atoms with Crippen molar-refractivity contribution < 1.29 is 0 Å². The zero-order valence-corrected chi connectivity index (χ0v) is 11.3. The Kier molecular flexibility index (Phi) is 2.11. The maximum atomic E-state index is 2.30. The molecule has 0 spiro atoms. The van der Waals surface area contributed by atoms with Gasteiger partial charge in [0.05, 0.1) is 0 Å². The van der Waals surface area contributed by atoms with E-state index in [1.807, 2.05) is 0 Å². The fourth-order valence-corrected chi connectivity index (χ4v) is 3.35. The molecule has 19 heavy (non-hydrogen) atoms. The van der Waals surface area contributed by atoms with Crippen LogP contribution in [-0.4, -0.2) is 0 Å². The maximum Gasteiger partial charge on any atom is -0.000718 e. The van der Waals surface area contributed by atoms with Crippen LogP contribution in [0.25, 0.3) is 21.9 Å². The molecular formula is C19H16. The maximum absolute atomic E-state index is 2.30. The van der Waals surface area contributed by atoms with Gasteiger partial charge in [-0.1, -0.05) is 48.5 Å². The lowest BCUT2D eigenvalue weighted by molar-refractivity contribution is 1.25. The lowest BCUT2D eigenvalue weighted by Gasteiger charge is -2.09. The van der Waals surface area contributed by atoms with Crippen molar-refractivity contribution in [3.8, 4) is 11.1 Å². The molecule has 0 heterocycles. The summed E-state index contributed by atoms with van der Waals surface area (Å²) < 4.78 is 0. The number of aryl methyl sites for hydroxylation is 1. The second-order valence-electron chi connectivity index (χ2n) is 5.53. The molecular weight excluding hydrogens is 228 g/mol. The van der Waals surface area contributed by atoms with Crippen LogP contribution in [0, 0.1) is 13.8 Å². The number of hydrogen-bond donors (Lipinski definition) is 0. The highest BCUT2D eigenvalue weighted by Crippen LogP contribution is 2.42. The molecule has 0 saturated heterocycles. The first kappa shape index (κ1) is 10.8. The van der Waals surface area contributed by atoms with Crippen LogP contribution in [0.3, 0.4) is 0 Å². The highest BCUT2D eigenvalue weighted by molar-refractivity contribution is 5.95. The summed E-state index contributed by atoms with van der Waals surface area (Å²) in [5.41, 5.74) is 8.72. The Morgan fingerprint density at radius 1 is 0.842 bits per heavy atom. The van der Waals surface area contributed by atoms with Crippen LogP contribution in [0.1, 0.15) is 22.3 Å². The smallest absolute Gasteiger partial charge is 0.000718 e. The molecule has 0 aliphatic heterocycles. The van der Waals surface area contributed by atoms with E-state index in [0.29, 0.717) is 0 Å². The Hall–Kier alpha value is -2.08. The summed E-state index contributed by atoms with van der Waals surface area (Å²) in [5, 5.41) is 2.76. The number of rotatable bonds is 0. The Morgan fingerprint density at radius 3 is 2.58 bits per heavy atom. The Balaban J connectivity index is 2.11. The van der Waals surface area contributed by atoms with E-state index in [1.165, 1.54) is 44.2 Å². The minimum Gasteiger partial charge on any atom is -0.0616 e. The summed E-state index contributed by atoms with van der Waals surface area (Å²) in [6, 6.07) is 17.8. The first-order chi connectivity index (χ1) is 9.25. The summed E-state index contributed by atoms with van der Waals surface area (Å²) in [4.78, 5) is 0. The fraction of sp³-hybridized carbons (Fsp3) is 0.158. The molecule has 3 aromatic carbocycles. The molecule has 0 N–H and O–H groups in total. The van der Waals surface area contributed by atoms with Crippen molar-refractivity contribution >= 4 is 10.8 Å². The molecule has 92 valence electrons. The van der Waals surface area contributed by atoms with Gasteiger partial charge in [0, 0.05) is 0 Å². The third-order valence-electron chi connectivity index (χ3n) is 4.50. The van der Waals surface area contributed by atoms with E-state index in [2.05, 4.69) is 62.4 Å². The van der Waals surface area contributed by atoms with Gasteiger partial charge in [-0.05, 0) is 64.4 Å². The van der Waals surface area contributed by atoms with Crippen LogP contribution in [-0.2, 0) is 6.42 Å². The molecule has 0 fully saturated rings. The van der Waals surface area contributed by atoms with Gasteiger partial charge in [0.25, 0.3) is 0 Å². The van der Waals surface area contributed by atoms with E-state index in [-0.39, 0.29) is 0 Å². The molecule has 0 saturated carbocycles. The SMILES string of the molecule is Cc1ccc2c(c1C)-c1ccc3ccccc3c1C2. The summed E-state index contributed by atoms with van der Waals surface area (Å²) >= 11 is 0. The Labute approximate surface area is 113 Å². The molecule has 1 aliphatic rings. The highest BCUT2D eigenvalue weighted by Gasteiger charge is 2.22. The van der Waals surface area contributed by atoms with Crippen LogP contribution in [0.2, 0.25) is 0 Å². The Bertz CT molecular complexity index is 810. The van der Waals surface area contributed by atoms with Crippen molar-refractivity contribution in [1.29, 1.82) is 0 Å². The molecule has 0 aromatic heterocycles. The molecule has 3 aromatic rings. The minimum absolute atomic E-state index is 1.08. The van der Waals surface area contributed by atoms with E-state index >= 15 is 0 Å². The zero-order chi connectivity index (χ0) is 13.0. The first-order valence-corrected chi connectivity index (χ1v) is 6.86. The second kappa shape index (κ2) is 3.71. The second-order valence-corrected chi connectivity index (χ2v) is 5.53. The molecule has 1 aliphatic carbocycles. The van der Waals surface area contributed by atoms with Gasteiger partial charge in [-0.3, -0.25) is 0 Å². The topological polar surface area (TPSA) is 0 Å². The van der Waals surface area contributed by atoms with Crippen molar-refractivity contribution in [1.82, 2.24) is 0 Å². The van der Waals surface area contributed by atoms with Crippen LogP contribution in [0.5, 0.6) is 0 Å². The van der Waals surface area contributed by atoms with Gasteiger partial charge >= 0.3 is 0 Å². The van der Waals surface area contributed by atoms with E-state index in [1.54, 1.807) is 0 Å². The summed E-state index contributed by atoms with van der Waals surface area (Å²) in [6.45, 7) is 4.45. The molecule has 0 unspecified atom stereocenters. The zero-order valence-electron chi connectivity index (χ0n) is 11.3. The van der Waals surface area contributed by atoms with Gasteiger partial charge in [0.2, 0.25) is 0 Å². The van der Waals surface area contributed by atoms with Gasteiger partial charge in [0.15, 0.2) is 0 Å². The predicted octanol–water partition coefficient (Wildman–Crippen LogP) is 5.03. The van der Waals surface area contributed by atoms with Crippen LogP contribution >= 0.6 is 0 Å². The molecule has 0 radical (unpaired) electrons. The van der Waals surface area contributed by atoms with Crippen molar-refractivity contribution in [3.63, 3.8) is 0 Å². The summed E-state index contributed by atoms with van der Waals surface area (Å²) in [5.74, 6) is 0. The number of hydrogen-bond acceptors (Lipinski definition) is 0. The van der Waals surface area contributed by atoms with E-state index in [4.69, 9.17) is 0 Å². The average Bonchev–Trinajstić information content (AvgIpc) is 2.82. The fourth-order valence-electron chi connectivity index (χ4n) is 3.35. The van der Waals surface area contributed by atoms with Crippen molar-refractivity contribution in [3.05, 3.63) is 70.8 Å². The predicted molar refractivity (Wildman–Crippen MR) is 81.7 cm³/mol. The summed E-state index contributed by atoms with van der Waals surface area (Å²) in [7, 11) is 0. The lowest BCUT2D eigenvalue weighted by atomic mass is 9.95. The standard InChI is InChI=1S/C19H16/c1-12-7-8-15-11-18-16-6-4-3-5-14(16)9-10-17(18)19(15)13(12)2/h3-10H,11H2,1-2H3.